The number of carbonyl (C=O) groups excluding carboxylic acids is 1. The van der Waals surface area contributed by atoms with E-state index in [1.165, 1.54) is 24.1 Å². The van der Waals surface area contributed by atoms with Crippen LogP contribution in [0.3, 0.4) is 0 Å². The van der Waals surface area contributed by atoms with E-state index in [-0.39, 0.29) is 6.61 Å². The molecule has 1 aromatic rings. The molecule has 0 saturated heterocycles. The average Bonchev–Trinajstić information content (AvgIpc) is 2.56. The summed E-state index contributed by atoms with van der Waals surface area (Å²) in [5, 5.41) is 9.32. The minimum atomic E-state index is -0.500. The molecule has 1 amide bonds. The number of hydrogen-bond donors (Lipinski definition) is 1. The second-order valence-electron chi connectivity index (χ2n) is 5.03. The van der Waals surface area contributed by atoms with Crippen LogP contribution in [0.5, 0.6) is 0 Å². The lowest BCUT2D eigenvalue weighted by Crippen LogP contribution is -2.45. The first-order valence-electron chi connectivity index (χ1n) is 5.71. The van der Waals surface area contributed by atoms with Gasteiger partial charge >= 0.3 is 6.09 Å². The fourth-order valence-electron chi connectivity index (χ4n) is 2.54. The van der Waals surface area contributed by atoms with E-state index >= 15 is 0 Å². The van der Waals surface area contributed by atoms with Crippen molar-refractivity contribution in [1.29, 1.82) is 0 Å². The average molecular weight is 253 g/mol. The first-order chi connectivity index (χ1) is 8.40. The Hall–Kier alpha value is -1.62. The maximum absolute atomic E-state index is 13.4. The zero-order valence-corrected chi connectivity index (χ0v) is 10.7. The van der Waals surface area contributed by atoms with E-state index in [0.29, 0.717) is 17.7 Å². The maximum atomic E-state index is 13.4. The fourth-order valence-corrected chi connectivity index (χ4v) is 2.54. The van der Waals surface area contributed by atoms with Crippen molar-refractivity contribution in [3.8, 4) is 0 Å². The number of methoxy groups -OCH3 is 1. The number of nitrogens with zero attached hydrogens (tertiary/aromatic N) is 1. The van der Waals surface area contributed by atoms with E-state index in [9.17, 15) is 14.3 Å². The standard InChI is InChI=1S/C13H16FNO3/c1-13(2)6-8-4-10(14)5-9(7-16)11(8)15(13)12(17)18-3/h4-5,16H,6-7H2,1-3H3. The Morgan fingerprint density at radius 1 is 1.56 bits per heavy atom. The van der Waals surface area contributed by atoms with E-state index in [0.717, 1.165) is 5.56 Å². The molecule has 18 heavy (non-hydrogen) atoms. The summed E-state index contributed by atoms with van der Waals surface area (Å²) in [5.41, 5.74) is 1.19. The lowest BCUT2D eigenvalue weighted by atomic mass is 9.99. The Bertz CT molecular complexity index is 499. The molecule has 0 spiro atoms. The van der Waals surface area contributed by atoms with Crippen molar-refractivity contribution < 1.29 is 19.0 Å². The highest BCUT2D eigenvalue weighted by Crippen LogP contribution is 2.41. The number of benzene rings is 1. The molecule has 5 heteroatoms. The highest BCUT2D eigenvalue weighted by atomic mass is 19.1. The molecule has 1 aliphatic heterocycles. The third-order valence-electron chi connectivity index (χ3n) is 3.21. The lowest BCUT2D eigenvalue weighted by Gasteiger charge is -2.31. The molecule has 0 saturated carbocycles. The molecule has 1 N–H and O–H groups in total. The Morgan fingerprint density at radius 2 is 2.22 bits per heavy atom. The molecule has 1 heterocycles. The first kappa shape index (κ1) is 12.8. The van der Waals surface area contributed by atoms with Gasteiger partial charge in [0.1, 0.15) is 5.82 Å². The van der Waals surface area contributed by atoms with E-state index in [1.807, 2.05) is 13.8 Å². The van der Waals surface area contributed by atoms with Crippen molar-refractivity contribution in [1.82, 2.24) is 0 Å². The second-order valence-corrected chi connectivity index (χ2v) is 5.03. The number of hydrogen-bond acceptors (Lipinski definition) is 3. The van der Waals surface area contributed by atoms with Gasteiger partial charge in [0.2, 0.25) is 0 Å². The van der Waals surface area contributed by atoms with Crippen LogP contribution in [0.2, 0.25) is 0 Å². The normalized spacial score (nSPS) is 16.6. The zero-order chi connectivity index (χ0) is 13.5. The van der Waals surface area contributed by atoms with Gasteiger partial charge in [0, 0.05) is 11.1 Å². The summed E-state index contributed by atoms with van der Waals surface area (Å²) >= 11 is 0. The summed E-state index contributed by atoms with van der Waals surface area (Å²) in [5.74, 6) is -0.402. The largest absolute Gasteiger partial charge is 0.452 e. The molecule has 0 atom stereocenters. The third kappa shape index (κ3) is 1.84. The summed E-state index contributed by atoms with van der Waals surface area (Å²) in [4.78, 5) is 13.4. The number of rotatable bonds is 1. The van der Waals surface area contributed by atoms with Gasteiger partial charge in [0.25, 0.3) is 0 Å². The molecular weight excluding hydrogens is 237 g/mol. The molecule has 0 bridgehead atoms. The molecule has 0 unspecified atom stereocenters. The molecule has 0 aliphatic carbocycles. The van der Waals surface area contributed by atoms with E-state index in [1.54, 1.807) is 0 Å². The smallest absolute Gasteiger partial charge is 0.414 e. The summed E-state index contributed by atoms with van der Waals surface area (Å²) in [6.45, 7) is 3.44. The molecule has 1 aliphatic rings. The zero-order valence-electron chi connectivity index (χ0n) is 10.7. The number of anilines is 1. The number of aliphatic hydroxyl groups excluding tert-OH is 1. The van der Waals surface area contributed by atoms with Crippen LogP contribution < -0.4 is 4.90 Å². The highest BCUT2D eigenvalue weighted by Gasteiger charge is 2.42. The van der Waals surface area contributed by atoms with E-state index in [4.69, 9.17) is 4.74 Å². The second kappa shape index (κ2) is 4.24. The van der Waals surface area contributed by atoms with Crippen LogP contribution in [0.25, 0.3) is 0 Å². The molecular formula is C13H16FNO3. The van der Waals surface area contributed by atoms with Crippen LogP contribution in [0.4, 0.5) is 14.9 Å². The van der Waals surface area contributed by atoms with Crippen LogP contribution in [-0.2, 0) is 17.8 Å². The molecule has 0 fully saturated rings. The lowest BCUT2D eigenvalue weighted by molar-refractivity contribution is 0.172. The van der Waals surface area contributed by atoms with Gasteiger partial charge in [-0.3, -0.25) is 4.90 Å². The fraction of sp³-hybridized carbons (Fsp3) is 0.462. The molecule has 98 valence electrons. The van der Waals surface area contributed by atoms with Gasteiger partial charge in [-0.25, -0.2) is 9.18 Å². The van der Waals surface area contributed by atoms with Crippen LogP contribution in [0.15, 0.2) is 12.1 Å². The van der Waals surface area contributed by atoms with Crippen molar-refractivity contribution in [2.45, 2.75) is 32.4 Å². The monoisotopic (exact) mass is 253 g/mol. The van der Waals surface area contributed by atoms with E-state index in [2.05, 4.69) is 0 Å². The van der Waals surface area contributed by atoms with Crippen molar-refractivity contribution in [2.75, 3.05) is 12.0 Å². The molecule has 4 nitrogen and oxygen atoms in total. The SMILES string of the molecule is COC(=O)N1c2c(CO)cc(F)cc2CC1(C)C. The quantitative estimate of drug-likeness (QED) is 0.835. The summed E-state index contributed by atoms with van der Waals surface area (Å²) in [7, 11) is 1.30. The highest BCUT2D eigenvalue weighted by molar-refractivity contribution is 5.93. The summed E-state index contributed by atoms with van der Waals surface area (Å²) < 4.78 is 18.2. The van der Waals surface area contributed by atoms with Gasteiger partial charge in [-0.1, -0.05) is 0 Å². The maximum Gasteiger partial charge on any atom is 0.414 e. The van der Waals surface area contributed by atoms with Gasteiger partial charge in [0.05, 0.1) is 19.4 Å². The topological polar surface area (TPSA) is 49.8 Å². The number of carbonyl (C=O) groups is 1. The minimum absolute atomic E-state index is 0.316. The summed E-state index contributed by atoms with van der Waals surface area (Å²) in [6, 6.07) is 2.65. The number of ether oxygens (including phenoxy) is 1. The van der Waals surface area contributed by atoms with Crippen LogP contribution >= 0.6 is 0 Å². The van der Waals surface area contributed by atoms with Crippen LogP contribution in [0, 0.1) is 5.82 Å². The van der Waals surface area contributed by atoms with Crippen molar-refractivity contribution >= 4 is 11.8 Å². The molecule has 0 radical (unpaired) electrons. The van der Waals surface area contributed by atoms with Gasteiger partial charge in [0.15, 0.2) is 0 Å². The molecule has 0 aromatic heterocycles. The van der Waals surface area contributed by atoms with Gasteiger partial charge in [-0.2, -0.15) is 0 Å². The van der Waals surface area contributed by atoms with Crippen molar-refractivity contribution in [3.05, 3.63) is 29.1 Å². The van der Waals surface area contributed by atoms with Gasteiger partial charge in [-0.15, -0.1) is 0 Å². The third-order valence-corrected chi connectivity index (χ3v) is 3.21. The van der Waals surface area contributed by atoms with Gasteiger partial charge in [-0.05, 0) is 38.0 Å². The van der Waals surface area contributed by atoms with Crippen molar-refractivity contribution in [2.24, 2.45) is 0 Å². The number of fused-ring (bicyclic) bond motifs is 1. The first-order valence-corrected chi connectivity index (χ1v) is 5.71. The predicted octanol–water partition coefficient (Wildman–Crippen LogP) is 2.23. The number of halogens is 1. The molecule has 1 aromatic carbocycles. The Kier molecular flexibility index (Phi) is 3.02. The molecule has 2 rings (SSSR count). The minimum Gasteiger partial charge on any atom is -0.452 e. The van der Waals surface area contributed by atoms with Crippen LogP contribution in [0.1, 0.15) is 25.0 Å². The number of aliphatic hydroxyl groups is 1. The van der Waals surface area contributed by atoms with E-state index < -0.39 is 17.4 Å². The number of amides is 1. The summed E-state index contributed by atoms with van der Waals surface area (Å²) in [6.07, 6.45) is 0.0300. The van der Waals surface area contributed by atoms with Crippen LogP contribution in [-0.4, -0.2) is 23.8 Å². The van der Waals surface area contributed by atoms with Crippen molar-refractivity contribution in [3.63, 3.8) is 0 Å². The Morgan fingerprint density at radius 3 is 2.78 bits per heavy atom. The Balaban J connectivity index is 2.62. The predicted molar refractivity (Wildman–Crippen MR) is 65.0 cm³/mol. The van der Waals surface area contributed by atoms with Gasteiger partial charge < -0.3 is 9.84 Å². The Labute approximate surface area is 105 Å².